The van der Waals surface area contributed by atoms with Crippen LogP contribution < -0.4 is 5.32 Å². The van der Waals surface area contributed by atoms with E-state index < -0.39 is 0 Å². The van der Waals surface area contributed by atoms with Crippen LogP contribution in [0.5, 0.6) is 0 Å². The first-order valence-electron chi connectivity index (χ1n) is 5.65. The van der Waals surface area contributed by atoms with Gasteiger partial charge in [-0.05, 0) is 32.4 Å². The molecule has 15 heavy (non-hydrogen) atoms. The first-order valence-corrected chi connectivity index (χ1v) is 6.46. The molecule has 1 N–H and O–H groups in total. The molecule has 0 aromatic carbocycles. The van der Waals surface area contributed by atoms with Gasteiger partial charge in [0.15, 0.2) is 0 Å². The zero-order valence-electron chi connectivity index (χ0n) is 9.88. The Balaban J connectivity index is 2.24. The average Bonchev–Trinajstić information content (AvgIpc) is 2.71. The van der Waals surface area contributed by atoms with Gasteiger partial charge in [0.1, 0.15) is 0 Å². The molecule has 1 unspecified atom stereocenters. The summed E-state index contributed by atoms with van der Waals surface area (Å²) in [6.07, 6.45) is 1.14. The summed E-state index contributed by atoms with van der Waals surface area (Å²) in [4.78, 5) is 2.87. The number of aryl methyl sites for hydroxylation is 1. The molecule has 0 amide bonds. The molecular formula is C12H21NOS. The van der Waals surface area contributed by atoms with Crippen molar-refractivity contribution in [2.24, 2.45) is 0 Å². The maximum atomic E-state index is 5.35. The van der Waals surface area contributed by atoms with Gasteiger partial charge in [0, 0.05) is 28.9 Å². The number of rotatable bonds is 7. The van der Waals surface area contributed by atoms with Crippen LogP contribution in [0.15, 0.2) is 12.1 Å². The summed E-state index contributed by atoms with van der Waals surface area (Å²) in [6, 6.07) is 4.86. The molecule has 0 fully saturated rings. The quantitative estimate of drug-likeness (QED) is 0.773. The van der Waals surface area contributed by atoms with E-state index in [-0.39, 0.29) is 0 Å². The molecule has 1 atom stereocenters. The van der Waals surface area contributed by atoms with E-state index in [0.29, 0.717) is 6.04 Å². The monoisotopic (exact) mass is 227 g/mol. The molecule has 0 radical (unpaired) electrons. The molecule has 0 aliphatic carbocycles. The minimum absolute atomic E-state index is 0.428. The second-order valence-electron chi connectivity index (χ2n) is 3.66. The summed E-state index contributed by atoms with van der Waals surface area (Å²) in [5.74, 6) is 0. The Kier molecular flexibility index (Phi) is 5.91. The highest BCUT2D eigenvalue weighted by molar-refractivity contribution is 7.11. The molecule has 86 valence electrons. The van der Waals surface area contributed by atoms with Gasteiger partial charge in [0.05, 0.1) is 6.61 Å². The van der Waals surface area contributed by atoms with E-state index in [9.17, 15) is 0 Å². The van der Waals surface area contributed by atoms with Gasteiger partial charge >= 0.3 is 0 Å². The third-order valence-corrected chi connectivity index (χ3v) is 3.49. The van der Waals surface area contributed by atoms with Crippen LogP contribution in [0.2, 0.25) is 0 Å². The fourth-order valence-corrected chi connectivity index (χ4v) is 2.24. The van der Waals surface area contributed by atoms with Gasteiger partial charge in [0.25, 0.3) is 0 Å². The Labute approximate surface area is 96.7 Å². The molecule has 0 aliphatic heterocycles. The van der Waals surface area contributed by atoms with E-state index in [4.69, 9.17) is 4.74 Å². The van der Waals surface area contributed by atoms with Crippen molar-refractivity contribution < 1.29 is 4.74 Å². The third kappa shape index (κ3) is 4.78. The number of hydrogen-bond acceptors (Lipinski definition) is 3. The van der Waals surface area contributed by atoms with Crippen molar-refractivity contribution in [3.63, 3.8) is 0 Å². The zero-order valence-corrected chi connectivity index (χ0v) is 10.7. The maximum Gasteiger partial charge on any atom is 0.0616 e. The lowest BCUT2D eigenvalue weighted by Gasteiger charge is -2.12. The van der Waals surface area contributed by atoms with Crippen molar-refractivity contribution in [2.75, 3.05) is 13.2 Å². The summed E-state index contributed by atoms with van der Waals surface area (Å²) >= 11 is 1.90. The lowest BCUT2D eigenvalue weighted by atomic mass is 10.3. The Morgan fingerprint density at radius 3 is 2.67 bits per heavy atom. The SMILES string of the molecule is CCOCC(C)NCc1ccc(CC)s1. The summed E-state index contributed by atoms with van der Waals surface area (Å²) < 4.78 is 5.35. The molecule has 0 saturated carbocycles. The zero-order chi connectivity index (χ0) is 11.1. The van der Waals surface area contributed by atoms with Crippen LogP contribution in [-0.4, -0.2) is 19.3 Å². The highest BCUT2D eigenvalue weighted by Crippen LogP contribution is 2.16. The Morgan fingerprint density at radius 2 is 2.07 bits per heavy atom. The van der Waals surface area contributed by atoms with Crippen LogP contribution in [0.3, 0.4) is 0 Å². The Bertz CT molecular complexity index is 272. The molecule has 1 aromatic heterocycles. The van der Waals surface area contributed by atoms with Gasteiger partial charge in [-0.2, -0.15) is 0 Å². The van der Waals surface area contributed by atoms with Crippen molar-refractivity contribution in [3.05, 3.63) is 21.9 Å². The lowest BCUT2D eigenvalue weighted by molar-refractivity contribution is 0.127. The molecule has 1 rings (SSSR count). The number of hydrogen-bond donors (Lipinski definition) is 1. The van der Waals surface area contributed by atoms with Crippen molar-refractivity contribution in [1.82, 2.24) is 5.32 Å². The van der Waals surface area contributed by atoms with Crippen molar-refractivity contribution >= 4 is 11.3 Å². The van der Waals surface area contributed by atoms with Crippen LogP contribution in [0, 0.1) is 0 Å². The standard InChI is InChI=1S/C12H21NOS/c1-4-11-6-7-12(15-11)8-13-10(3)9-14-5-2/h6-7,10,13H,4-5,8-9H2,1-3H3. The molecule has 1 heterocycles. The minimum Gasteiger partial charge on any atom is -0.380 e. The predicted molar refractivity (Wildman–Crippen MR) is 66.5 cm³/mol. The van der Waals surface area contributed by atoms with E-state index in [1.165, 1.54) is 9.75 Å². The Morgan fingerprint density at radius 1 is 1.33 bits per heavy atom. The third-order valence-electron chi connectivity index (χ3n) is 2.26. The predicted octanol–water partition coefficient (Wildman–Crippen LogP) is 2.83. The molecule has 0 aliphatic rings. The number of ether oxygens (including phenoxy) is 1. The van der Waals surface area contributed by atoms with Crippen LogP contribution in [0.25, 0.3) is 0 Å². The first kappa shape index (κ1) is 12.7. The van der Waals surface area contributed by atoms with Gasteiger partial charge in [0.2, 0.25) is 0 Å². The van der Waals surface area contributed by atoms with E-state index in [0.717, 1.165) is 26.2 Å². The van der Waals surface area contributed by atoms with Crippen molar-refractivity contribution in [3.8, 4) is 0 Å². The average molecular weight is 227 g/mol. The molecule has 0 saturated heterocycles. The fraction of sp³-hybridized carbons (Fsp3) is 0.667. The van der Waals surface area contributed by atoms with Gasteiger partial charge in [-0.3, -0.25) is 0 Å². The van der Waals surface area contributed by atoms with Crippen LogP contribution in [0.1, 0.15) is 30.5 Å². The number of thiophene rings is 1. The minimum atomic E-state index is 0.428. The normalized spacial score (nSPS) is 13.0. The molecule has 0 spiro atoms. The molecular weight excluding hydrogens is 206 g/mol. The fourth-order valence-electron chi connectivity index (χ4n) is 1.34. The number of nitrogens with one attached hydrogen (secondary N) is 1. The van der Waals surface area contributed by atoms with Crippen LogP contribution in [0.4, 0.5) is 0 Å². The Hall–Kier alpha value is -0.380. The second-order valence-corrected chi connectivity index (χ2v) is 4.92. The lowest BCUT2D eigenvalue weighted by Crippen LogP contribution is -2.29. The topological polar surface area (TPSA) is 21.3 Å². The van der Waals surface area contributed by atoms with Gasteiger partial charge < -0.3 is 10.1 Å². The summed E-state index contributed by atoms with van der Waals surface area (Å²) in [5, 5.41) is 3.46. The summed E-state index contributed by atoms with van der Waals surface area (Å²) in [6.45, 7) is 8.93. The van der Waals surface area contributed by atoms with E-state index >= 15 is 0 Å². The molecule has 2 nitrogen and oxygen atoms in total. The van der Waals surface area contributed by atoms with E-state index in [1.54, 1.807) is 0 Å². The highest BCUT2D eigenvalue weighted by atomic mass is 32.1. The summed E-state index contributed by atoms with van der Waals surface area (Å²) in [7, 11) is 0. The second kappa shape index (κ2) is 6.99. The first-order chi connectivity index (χ1) is 7.26. The summed E-state index contributed by atoms with van der Waals surface area (Å²) in [5.41, 5.74) is 0. The molecule has 0 bridgehead atoms. The van der Waals surface area contributed by atoms with E-state index in [2.05, 4.69) is 31.3 Å². The highest BCUT2D eigenvalue weighted by Gasteiger charge is 2.02. The van der Waals surface area contributed by atoms with E-state index in [1.807, 2.05) is 18.3 Å². The smallest absolute Gasteiger partial charge is 0.0616 e. The van der Waals surface area contributed by atoms with Crippen molar-refractivity contribution in [1.29, 1.82) is 0 Å². The molecule has 1 aromatic rings. The van der Waals surface area contributed by atoms with Gasteiger partial charge in [-0.15, -0.1) is 11.3 Å². The van der Waals surface area contributed by atoms with Gasteiger partial charge in [-0.1, -0.05) is 6.92 Å². The maximum absolute atomic E-state index is 5.35. The van der Waals surface area contributed by atoms with Crippen LogP contribution >= 0.6 is 11.3 Å². The van der Waals surface area contributed by atoms with Crippen LogP contribution in [-0.2, 0) is 17.7 Å². The largest absolute Gasteiger partial charge is 0.380 e. The van der Waals surface area contributed by atoms with Gasteiger partial charge in [-0.25, -0.2) is 0 Å². The van der Waals surface area contributed by atoms with Crippen molar-refractivity contribution in [2.45, 2.75) is 39.8 Å². The molecule has 3 heteroatoms.